The number of anilines is 1. The van der Waals surface area contributed by atoms with Gasteiger partial charge in [-0.3, -0.25) is 0 Å². The van der Waals surface area contributed by atoms with E-state index < -0.39 is 0 Å². The first-order chi connectivity index (χ1) is 7.81. The lowest BCUT2D eigenvalue weighted by atomic mass is 10.1. The van der Waals surface area contributed by atoms with Crippen molar-refractivity contribution in [3.63, 3.8) is 0 Å². The average Bonchev–Trinajstić information content (AvgIpc) is 2.36. The number of methoxy groups -OCH3 is 2. The van der Waals surface area contributed by atoms with Crippen LogP contribution >= 0.6 is 0 Å². The highest BCUT2D eigenvalue weighted by Gasteiger charge is 2.10. The molecule has 0 aliphatic heterocycles. The predicted octanol–water partition coefficient (Wildman–Crippen LogP) is 2.29. The van der Waals surface area contributed by atoms with Gasteiger partial charge in [-0.15, -0.1) is 0 Å². The van der Waals surface area contributed by atoms with Crippen LogP contribution in [-0.2, 0) is 0 Å². The minimum Gasteiger partial charge on any atom is -0.496 e. The van der Waals surface area contributed by atoms with Gasteiger partial charge in [0.05, 0.1) is 19.6 Å². The van der Waals surface area contributed by atoms with E-state index in [0.29, 0.717) is 0 Å². The van der Waals surface area contributed by atoms with E-state index in [2.05, 4.69) is 10.3 Å². The van der Waals surface area contributed by atoms with Crippen molar-refractivity contribution >= 4 is 16.6 Å². The Morgan fingerprint density at radius 1 is 1.06 bits per heavy atom. The quantitative estimate of drug-likeness (QED) is 0.858. The van der Waals surface area contributed by atoms with Gasteiger partial charge in [0.25, 0.3) is 0 Å². The number of benzene rings is 1. The van der Waals surface area contributed by atoms with Crippen LogP contribution in [0.5, 0.6) is 11.5 Å². The zero-order valence-electron chi connectivity index (χ0n) is 9.57. The molecular formula is C12H14N2O2. The van der Waals surface area contributed by atoms with Crippen LogP contribution in [0.3, 0.4) is 0 Å². The number of fused-ring (bicyclic) bond motifs is 1. The zero-order chi connectivity index (χ0) is 11.5. The van der Waals surface area contributed by atoms with Gasteiger partial charge in [0.15, 0.2) is 0 Å². The van der Waals surface area contributed by atoms with Gasteiger partial charge in [0.2, 0.25) is 0 Å². The van der Waals surface area contributed by atoms with Crippen molar-refractivity contribution in [1.82, 2.24) is 4.98 Å². The minimum atomic E-state index is 0.785. The summed E-state index contributed by atoms with van der Waals surface area (Å²) in [6.45, 7) is 0. The number of hydrogen-bond donors (Lipinski definition) is 1. The molecule has 2 rings (SSSR count). The number of nitrogens with one attached hydrogen (secondary N) is 1. The zero-order valence-corrected chi connectivity index (χ0v) is 9.57. The molecular weight excluding hydrogens is 204 g/mol. The number of ether oxygens (including phenoxy) is 2. The summed E-state index contributed by atoms with van der Waals surface area (Å²) in [5, 5.41) is 4.97. The summed E-state index contributed by atoms with van der Waals surface area (Å²) in [4.78, 5) is 4.26. The Morgan fingerprint density at radius 2 is 1.75 bits per heavy atom. The molecule has 0 saturated heterocycles. The van der Waals surface area contributed by atoms with Crippen molar-refractivity contribution in [2.45, 2.75) is 0 Å². The van der Waals surface area contributed by atoms with E-state index in [0.717, 1.165) is 28.1 Å². The first-order valence-electron chi connectivity index (χ1n) is 4.99. The summed E-state index contributed by atoms with van der Waals surface area (Å²) in [5.41, 5.74) is 0. The highest BCUT2D eigenvalue weighted by atomic mass is 16.5. The number of pyridine rings is 1. The third-order valence-corrected chi connectivity index (χ3v) is 2.53. The van der Waals surface area contributed by atoms with Crippen molar-refractivity contribution in [2.24, 2.45) is 0 Å². The van der Waals surface area contributed by atoms with Crippen LogP contribution in [0.1, 0.15) is 0 Å². The van der Waals surface area contributed by atoms with Crippen LogP contribution in [-0.4, -0.2) is 26.3 Å². The SMILES string of the molecule is CNc1nccc2c(OC)ccc(OC)c12. The standard InChI is InChI=1S/C12H14N2O2/c1-13-12-11-8(6-7-14-12)9(15-2)4-5-10(11)16-3/h4-7H,1-3H3,(H,13,14). The van der Waals surface area contributed by atoms with Crippen molar-refractivity contribution in [1.29, 1.82) is 0 Å². The third kappa shape index (κ3) is 1.52. The van der Waals surface area contributed by atoms with Crippen molar-refractivity contribution in [3.8, 4) is 11.5 Å². The summed E-state index contributed by atoms with van der Waals surface area (Å²) >= 11 is 0. The summed E-state index contributed by atoms with van der Waals surface area (Å²) in [6.07, 6.45) is 1.75. The normalized spacial score (nSPS) is 10.2. The third-order valence-electron chi connectivity index (χ3n) is 2.53. The molecule has 84 valence electrons. The first kappa shape index (κ1) is 10.5. The highest BCUT2D eigenvalue weighted by Crippen LogP contribution is 2.36. The molecule has 1 N–H and O–H groups in total. The van der Waals surface area contributed by atoms with Crippen LogP contribution in [0.4, 0.5) is 5.82 Å². The predicted molar refractivity (Wildman–Crippen MR) is 64.4 cm³/mol. The second-order valence-corrected chi connectivity index (χ2v) is 3.30. The van der Waals surface area contributed by atoms with E-state index in [1.165, 1.54) is 0 Å². The number of hydrogen-bond acceptors (Lipinski definition) is 4. The summed E-state index contributed by atoms with van der Waals surface area (Å²) < 4.78 is 10.6. The van der Waals surface area contributed by atoms with Gasteiger partial charge < -0.3 is 14.8 Å². The Hall–Kier alpha value is -1.97. The van der Waals surface area contributed by atoms with E-state index in [-0.39, 0.29) is 0 Å². The van der Waals surface area contributed by atoms with Crippen LogP contribution in [0, 0.1) is 0 Å². The van der Waals surface area contributed by atoms with Crippen LogP contribution in [0.15, 0.2) is 24.4 Å². The minimum absolute atomic E-state index is 0.785. The van der Waals surface area contributed by atoms with Crippen molar-refractivity contribution in [3.05, 3.63) is 24.4 Å². The van der Waals surface area contributed by atoms with Crippen molar-refractivity contribution in [2.75, 3.05) is 26.6 Å². The molecule has 0 bridgehead atoms. The summed E-state index contributed by atoms with van der Waals surface area (Å²) in [7, 11) is 5.13. The Balaban J connectivity index is 2.84. The van der Waals surface area contributed by atoms with E-state index in [1.54, 1.807) is 20.4 Å². The number of nitrogens with zero attached hydrogens (tertiary/aromatic N) is 1. The average molecular weight is 218 g/mol. The molecule has 16 heavy (non-hydrogen) atoms. The van der Waals surface area contributed by atoms with Crippen LogP contribution in [0.2, 0.25) is 0 Å². The molecule has 0 aliphatic carbocycles. The maximum atomic E-state index is 5.33. The lowest BCUT2D eigenvalue weighted by Gasteiger charge is -2.12. The van der Waals surface area contributed by atoms with E-state index in [9.17, 15) is 0 Å². The highest BCUT2D eigenvalue weighted by molar-refractivity contribution is 6.00. The van der Waals surface area contributed by atoms with E-state index in [1.807, 2.05) is 25.2 Å². The molecule has 4 heteroatoms. The fourth-order valence-corrected chi connectivity index (χ4v) is 1.78. The van der Waals surface area contributed by atoms with Gasteiger partial charge in [-0.1, -0.05) is 0 Å². The molecule has 0 atom stereocenters. The molecule has 0 aliphatic rings. The topological polar surface area (TPSA) is 43.4 Å². The second kappa shape index (κ2) is 4.26. The molecule has 0 fully saturated rings. The van der Waals surface area contributed by atoms with Gasteiger partial charge in [0.1, 0.15) is 17.3 Å². The summed E-state index contributed by atoms with van der Waals surface area (Å²) in [6, 6.07) is 5.68. The molecule has 0 saturated carbocycles. The summed E-state index contributed by atoms with van der Waals surface area (Å²) in [5.74, 6) is 2.39. The number of aromatic nitrogens is 1. The maximum absolute atomic E-state index is 5.33. The molecule has 1 aromatic heterocycles. The smallest absolute Gasteiger partial charge is 0.137 e. The van der Waals surface area contributed by atoms with Crippen LogP contribution in [0.25, 0.3) is 10.8 Å². The molecule has 0 spiro atoms. The van der Waals surface area contributed by atoms with E-state index >= 15 is 0 Å². The van der Waals surface area contributed by atoms with Gasteiger partial charge >= 0.3 is 0 Å². The molecule has 1 heterocycles. The van der Waals surface area contributed by atoms with Crippen molar-refractivity contribution < 1.29 is 9.47 Å². The number of rotatable bonds is 3. The molecule has 4 nitrogen and oxygen atoms in total. The first-order valence-corrected chi connectivity index (χ1v) is 4.99. The van der Waals surface area contributed by atoms with Gasteiger partial charge in [-0.25, -0.2) is 4.98 Å². The monoisotopic (exact) mass is 218 g/mol. The van der Waals surface area contributed by atoms with Gasteiger partial charge in [0, 0.05) is 18.6 Å². The fraction of sp³-hybridized carbons (Fsp3) is 0.250. The molecule has 2 aromatic rings. The maximum Gasteiger partial charge on any atom is 0.137 e. The molecule has 0 amide bonds. The molecule has 0 unspecified atom stereocenters. The Morgan fingerprint density at radius 3 is 2.38 bits per heavy atom. The second-order valence-electron chi connectivity index (χ2n) is 3.30. The van der Waals surface area contributed by atoms with Gasteiger partial charge in [-0.2, -0.15) is 0 Å². The molecule has 1 aromatic carbocycles. The Labute approximate surface area is 94.2 Å². The Bertz CT molecular complexity index is 501. The van der Waals surface area contributed by atoms with Crippen LogP contribution < -0.4 is 14.8 Å². The molecule has 0 radical (unpaired) electrons. The Kier molecular flexibility index (Phi) is 2.81. The fourth-order valence-electron chi connectivity index (χ4n) is 1.78. The van der Waals surface area contributed by atoms with Gasteiger partial charge in [-0.05, 0) is 18.2 Å². The van der Waals surface area contributed by atoms with E-state index in [4.69, 9.17) is 9.47 Å². The lowest BCUT2D eigenvalue weighted by Crippen LogP contribution is -1.96. The lowest BCUT2D eigenvalue weighted by molar-refractivity contribution is 0.410. The largest absolute Gasteiger partial charge is 0.496 e.